The lowest BCUT2D eigenvalue weighted by Gasteiger charge is -2.70. The lowest BCUT2D eigenvalue weighted by Crippen LogP contribution is -2.67. The molecule has 5 nitrogen and oxygen atoms in total. The van der Waals surface area contributed by atoms with E-state index in [0.29, 0.717) is 30.1 Å². The number of aliphatic hydroxyl groups is 1. The summed E-state index contributed by atoms with van der Waals surface area (Å²) < 4.78 is 13.1. The van der Waals surface area contributed by atoms with Gasteiger partial charge >= 0.3 is 5.97 Å². The number of aliphatic hydroxyl groups excluding tert-OH is 1. The molecule has 41 heavy (non-hydrogen) atoms. The Morgan fingerprint density at radius 1 is 0.902 bits per heavy atom. The second kappa shape index (κ2) is 10.2. The molecular weight excluding hydrogens is 510 g/mol. The van der Waals surface area contributed by atoms with Crippen LogP contribution in [0.25, 0.3) is 0 Å². The molecule has 0 spiro atoms. The van der Waals surface area contributed by atoms with Gasteiger partial charge in [-0.15, -0.1) is 0 Å². The lowest BCUT2D eigenvalue weighted by atomic mass is 9.35. The van der Waals surface area contributed by atoms with E-state index in [-0.39, 0.29) is 57.0 Å². The summed E-state index contributed by atoms with van der Waals surface area (Å²) in [5.74, 6) is 1.74. The van der Waals surface area contributed by atoms with E-state index in [1.807, 2.05) is 0 Å². The van der Waals surface area contributed by atoms with Gasteiger partial charge in [-0.05, 0) is 137 Å². The normalized spacial score (nSPS) is 49.5. The Morgan fingerprint density at radius 3 is 2.20 bits per heavy atom. The molecule has 4 saturated carbocycles. The van der Waals surface area contributed by atoms with Gasteiger partial charge in [0.05, 0.1) is 17.3 Å². The molecule has 5 aliphatic rings. The third-order valence-corrected chi connectivity index (χ3v) is 14.4. The maximum absolute atomic E-state index is 13.0. The van der Waals surface area contributed by atoms with Crippen molar-refractivity contribution in [2.24, 2.45) is 57.0 Å². The van der Waals surface area contributed by atoms with Crippen molar-refractivity contribution in [2.75, 3.05) is 0 Å². The molecule has 236 valence electrons. The number of rotatable bonds is 5. The van der Waals surface area contributed by atoms with Crippen LogP contribution in [0.3, 0.4) is 0 Å². The highest BCUT2D eigenvalue weighted by molar-refractivity contribution is 5.75. The average Bonchev–Trinajstić information content (AvgIpc) is 3.22. The number of hydrogen-bond acceptors (Lipinski definition) is 5. The highest BCUT2D eigenvalue weighted by Gasteiger charge is 2.72. The molecule has 3 N–H and O–H groups in total. The second-order valence-corrected chi connectivity index (χ2v) is 18.0. The van der Waals surface area contributed by atoms with Gasteiger partial charge < -0.3 is 20.3 Å². The fraction of sp³-hybridized carbons (Fsp3) is 0.972. The molecule has 0 radical (unpaired) electrons. The van der Waals surface area contributed by atoms with Crippen LogP contribution in [-0.2, 0) is 14.3 Å². The monoisotopic (exact) mass is 573 g/mol. The molecule has 5 fully saturated rings. The summed E-state index contributed by atoms with van der Waals surface area (Å²) in [5, 5.41) is 12.1. The predicted octanol–water partition coefficient (Wildman–Crippen LogP) is 7.67. The van der Waals surface area contributed by atoms with E-state index in [0.717, 1.165) is 44.9 Å². The third kappa shape index (κ3) is 4.85. The van der Waals surface area contributed by atoms with Gasteiger partial charge in [-0.3, -0.25) is 4.79 Å². The Hall–Kier alpha value is -0.650. The zero-order valence-corrected chi connectivity index (χ0v) is 28.1. The number of ether oxygens (including phenoxy) is 2. The molecule has 5 rings (SSSR count). The third-order valence-electron chi connectivity index (χ3n) is 14.4. The number of nitrogens with two attached hydrogens (primary N) is 1. The number of fused-ring (bicyclic) bond motifs is 5. The van der Waals surface area contributed by atoms with Crippen molar-refractivity contribution >= 4 is 5.97 Å². The summed E-state index contributed by atoms with van der Waals surface area (Å²) in [7, 11) is 0. The van der Waals surface area contributed by atoms with Gasteiger partial charge in [0.1, 0.15) is 12.1 Å². The summed E-state index contributed by atoms with van der Waals surface area (Å²) in [6.07, 6.45) is 11.2. The van der Waals surface area contributed by atoms with Crippen molar-refractivity contribution < 1.29 is 19.4 Å². The van der Waals surface area contributed by atoms with Gasteiger partial charge in [0.25, 0.3) is 0 Å². The molecular formula is C36H63NO4. The second-order valence-electron chi connectivity index (χ2n) is 18.0. The molecule has 0 aromatic heterocycles. The molecule has 0 aromatic rings. The molecule has 11 atom stereocenters. The van der Waals surface area contributed by atoms with E-state index in [9.17, 15) is 9.90 Å². The van der Waals surface area contributed by atoms with Crippen LogP contribution in [0, 0.1) is 51.2 Å². The van der Waals surface area contributed by atoms with Crippen LogP contribution in [0.1, 0.15) is 140 Å². The maximum atomic E-state index is 13.0. The first kappa shape index (κ1) is 31.8. The number of esters is 1. The number of carbonyl (C=O) groups excluding carboxylic acids is 1. The fourth-order valence-electron chi connectivity index (χ4n) is 12.3. The topological polar surface area (TPSA) is 81.8 Å². The van der Waals surface area contributed by atoms with Crippen molar-refractivity contribution in [3.8, 4) is 0 Å². The van der Waals surface area contributed by atoms with Gasteiger partial charge in [-0.25, -0.2) is 0 Å². The minimum absolute atomic E-state index is 0.0873. The number of carbonyl (C=O) groups is 1. The van der Waals surface area contributed by atoms with E-state index in [1.54, 1.807) is 0 Å². The van der Waals surface area contributed by atoms with Crippen LogP contribution in [0.15, 0.2) is 0 Å². The van der Waals surface area contributed by atoms with Gasteiger partial charge in [-0.1, -0.05) is 48.5 Å². The minimum Gasteiger partial charge on any atom is -0.461 e. The summed E-state index contributed by atoms with van der Waals surface area (Å²) >= 11 is 0. The van der Waals surface area contributed by atoms with Crippen molar-refractivity contribution in [3.63, 3.8) is 0 Å². The molecule has 0 amide bonds. The Bertz CT molecular complexity index is 1010. The average molecular weight is 574 g/mol. The van der Waals surface area contributed by atoms with Crippen LogP contribution in [-0.4, -0.2) is 40.5 Å². The fourth-order valence-corrected chi connectivity index (χ4v) is 12.3. The highest BCUT2D eigenvalue weighted by atomic mass is 16.5. The Balaban J connectivity index is 1.40. The van der Waals surface area contributed by atoms with E-state index >= 15 is 0 Å². The van der Waals surface area contributed by atoms with Crippen LogP contribution in [0.2, 0.25) is 0 Å². The van der Waals surface area contributed by atoms with E-state index < -0.39 is 6.04 Å². The zero-order chi connectivity index (χ0) is 30.4. The van der Waals surface area contributed by atoms with Gasteiger partial charge in [0, 0.05) is 5.41 Å². The largest absolute Gasteiger partial charge is 0.461 e. The number of hydrogen-bond donors (Lipinski definition) is 2. The highest BCUT2D eigenvalue weighted by Crippen LogP contribution is 2.76. The molecule has 1 heterocycles. The smallest absolute Gasteiger partial charge is 0.323 e. The first-order valence-corrected chi connectivity index (χ1v) is 17.2. The van der Waals surface area contributed by atoms with Crippen LogP contribution >= 0.6 is 0 Å². The summed E-state index contributed by atoms with van der Waals surface area (Å²) in [5.41, 5.74) is 6.26. The SMILES string of the molecule is CC(C)CC(N)C(=O)O[C@H]1CC[C@@]2(C)C(CC[C@]3(C)C2C[C@@H](O)C2C([C@@]4(C)CCCC(C)(C)O4)CC[C@]23C)C1(C)C. The predicted molar refractivity (Wildman–Crippen MR) is 165 cm³/mol. The Morgan fingerprint density at radius 2 is 1.56 bits per heavy atom. The van der Waals surface area contributed by atoms with Crippen molar-refractivity contribution in [2.45, 2.75) is 169 Å². The van der Waals surface area contributed by atoms with Crippen LogP contribution < -0.4 is 5.73 Å². The summed E-state index contributed by atoms with van der Waals surface area (Å²) in [6.45, 7) is 23.4. The molecule has 1 aliphatic heterocycles. The first-order chi connectivity index (χ1) is 18.8. The molecule has 0 bridgehead atoms. The molecule has 5 unspecified atom stereocenters. The van der Waals surface area contributed by atoms with E-state index in [2.05, 4.69) is 69.2 Å². The lowest BCUT2D eigenvalue weighted by molar-refractivity contribution is -0.259. The van der Waals surface area contributed by atoms with Crippen LogP contribution in [0.4, 0.5) is 0 Å². The molecule has 0 aromatic carbocycles. The van der Waals surface area contributed by atoms with Crippen molar-refractivity contribution in [1.29, 1.82) is 0 Å². The zero-order valence-electron chi connectivity index (χ0n) is 28.1. The Kier molecular flexibility index (Phi) is 7.90. The minimum atomic E-state index is -0.546. The Labute approximate surface area is 251 Å². The summed E-state index contributed by atoms with van der Waals surface area (Å²) in [4.78, 5) is 13.0. The standard InChI is InChI=1S/C36H63NO4/c1-22(2)20-24(37)30(39)40-28-14-17-33(7)26(32(28,5)6)13-19-34(8)27(33)21-25(38)29-23(12-18-35(29,34)9)36(10)16-11-15-31(3,4)41-36/h22-29,38H,11-21,37H2,1-10H3/t23?,24?,25-,26?,27?,28+,29?,33+,34-,35-,36-/m1/s1. The quantitative estimate of drug-likeness (QED) is 0.330. The van der Waals surface area contributed by atoms with Gasteiger partial charge in [0.15, 0.2) is 0 Å². The first-order valence-electron chi connectivity index (χ1n) is 17.2. The van der Waals surface area contributed by atoms with Crippen LogP contribution in [0.5, 0.6) is 0 Å². The van der Waals surface area contributed by atoms with E-state index in [1.165, 1.54) is 19.3 Å². The van der Waals surface area contributed by atoms with Crippen molar-refractivity contribution in [1.82, 2.24) is 0 Å². The molecule has 1 saturated heterocycles. The maximum Gasteiger partial charge on any atom is 0.323 e. The van der Waals surface area contributed by atoms with Gasteiger partial charge in [0.2, 0.25) is 0 Å². The van der Waals surface area contributed by atoms with Crippen molar-refractivity contribution in [3.05, 3.63) is 0 Å². The van der Waals surface area contributed by atoms with E-state index in [4.69, 9.17) is 15.2 Å². The van der Waals surface area contributed by atoms with Gasteiger partial charge in [-0.2, -0.15) is 0 Å². The molecule has 5 heteroatoms. The summed E-state index contributed by atoms with van der Waals surface area (Å²) in [6, 6.07) is -0.546. The molecule has 4 aliphatic carbocycles.